The van der Waals surface area contributed by atoms with Gasteiger partial charge in [0, 0.05) is 43.8 Å². The minimum Gasteiger partial charge on any atom is -0.493 e. The van der Waals surface area contributed by atoms with Gasteiger partial charge >= 0.3 is 0 Å². The summed E-state index contributed by atoms with van der Waals surface area (Å²) in [6, 6.07) is 12.6. The van der Waals surface area contributed by atoms with E-state index in [2.05, 4.69) is 16.4 Å². The van der Waals surface area contributed by atoms with Crippen molar-refractivity contribution in [3.8, 4) is 23.3 Å². The SMILES string of the molecule is COc1cc(Nc2c(C#N)cnc3c2S(=O)(=O)C(c2ccc(N(C)C)cc2)=C3C)cc(OC)c1OC. The zero-order valence-corrected chi connectivity index (χ0v) is 21.6. The van der Waals surface area contributed by atoms with Crippen molar-refractivity contribution in [1.29, 1.82) is 5.26 Å². The number of nitrogens with one attached hydrogen (secondary N) is 1. The molecule has 10 heteroatoms. The number of hydrogen-bond acceptors (Lipinski definition) is 9. The van der Waals surface area contributed by atoms with Crippen LogP contribution in [0.1, 0.15) is 23.7 Å². The molecule has 0 fully saturated rings. The Hall–Kier alpha value is -4.23. The molecule has 1 aliphatic rings. The van der Waals surface area contributed by atoms with E-state index in [0.29, 0.717) is 39.8 Å². The van der Waals surface area contributed by atoms with Crippen molar-refractivity contribution >= 4 is 37.4 Å². The predicted molar refractivity (Wildman–Crippen MR) is 139 cm³/mol. The topological polar surface area (TPSA) is 114 Å². The van der Waals surface area contributed by atoms with Crippen LogP contribution in [0.2, 0.25) is 0 Å². The average molecular weight is 507 g/mol. The third-order valence-electron chi connectivity index (χ3n) is 5.97. The van der Waals surface area contributed by atoms with E-state index in [1.54, 1.807) is 31.2 Å². The molecular formula is C26H26N4O5S. The summed E-state index contributed by atoms with van der Waals surface area (Å²) in [6.07, 6.45) is 1.37. The summed E-state index contributed by atoms with van der Waals surface area (Å²) >= 11 is 0. The lowest BCUT2D eigenvalue weighted by Crippen LogP contribution is -2.09. The van der Waals surface area contributed by atoms with Gasteiger partial charge < -0.3 is 24.4 Å². The maximum Gasteiger partial charge on any atom is 0.211 e. The number of nitrogens with zero attached hydrogens (tertiary/aromatic N) is 3. The zero-order valence-electron chi connectivity index (χ0n) is 20.8. The fourth-order valence-electron chi connectivity index (χ4n) is 4.22. The van der Waals surface area contributed by atoms with Crippen molar-refractivity contribution in [1.82, 2.24) is 4.98 Å². The Morgan fingerprint density at radius 1 is 1.00 bits per heavy atom. The molecule has 0 atom stereocenters. The van der Waals surface area contributed by atoms with Crippen LogP contribution in [0.4, 0.5) is 17.1 Å². The van der Waals surface area contributed by atoms with Crippen LogP contribution >= 0.6 is 0 Å². The van der Waals surface area contributed by atoms with Crippen LogP contribution in [-0.4, -0.2) is 48.8 Å². The molecule has 1 aliphatic heterocycles. The number of sulfone groups is 1. The molecular weight excluding hydrogens is 480 g/mol. The molecule has 0 unspecified atom stereocenters. The Labute approximate surface area is 210 Å². The predicted octanol–water partition coefficient (Wildman–Crippen LogP) is 4.46. The molecule has 3 aromatic rings. The second kappa shape index (κ2) is 9.43. The van der Waals surface area contributed by atoms with E-state index in [0.717, 1.165) is 5.69 Å². The Morgan fingerprint density at radius 3 is 2.11 bits per heavy atom. The number of pyridine rings is 1. The lowest BCUT2D eigenvalue weighted by molar-refractivity contribution is 0.324. The number of allylic oxidation sites excluding steroid dienone is 1. The van der Waals surface area contributed by atoms with Gasteiger partial charge in [-0.25, -0.2) is 8.42 Å². The number of rotatable bonds is 7. The summed E-state index contributed by atoms with van der Waals surface area (Å²) in [4.78, 5) is 6.40. The van der Waals surface area contributed by atoms with Crippen LogP contribution in [0.5, 0.6) is 17.2 Å². The largest absolute Gasteiger partial charge is 0.493 e. The van der Waals surface area contributed by atoms with E-state index in [9.17, 15) is 13.7 Å². The fraction of sp³-hybridized carbons (Fsp3) is 0.231. The van der Waals surface area contributed by atoms with Crippen LogP contribution in [0.15, 0.2) is 47.5 Å². The number of aromatic nitrogens is 1. The van der Waals surface area contributed by atoms with Gasteiger partial charge in [-0.05, 0) is 30.2 Å². The minimum atomic E-state index is -4.01. The highest BCUT2D eigenvalue weighted by Gasteiger charge is 2.39. The van der Waals surface area contributed by atoms with E-state index >= 15 is 0 Å². The first-order valence-electron chi connectivity index (χ1n) is 10.9. The van der Waals surface area contributed by atoms with Gasteiger partial charge in [0.2, 0.25) is 15.6 Å². The normalized spacial score (nSPS) is 13.6. The molecule has 0 saturated carbocycles. The first-order valence-corrected chi connectivity index (χ1v) is 12.4. The Morgan fingerprint density at radius 2 is 1.61 bits per heavy atom. The van der Waals surface area contributed by atoms with Gasteiger partial charge in [-0.2, -0.15) is 5.26 Å². The first-order chi connectivity index (χ1) is 17.2. The smallest absolute Gasteiger partial charge is 0.211 e. The van der Waals surface area contributed by atoms with Crippen LogP contribution < -0.4 is 24.4 Å². The number of ether oxygens (including phenoxy) is 3. The molecule has 0 aliphatic carbocycles. The standard InChI is InChI=1S/C26H26N4O5S/c1-15-22-26(36(31,32)25(15)16-7-9-19(10-8-16)30(2)3)23(17(13-27)14-28-22)29-18-11-20(33-4)24(35-6)21(12-18)34-5/h7-12,14H,1-6H3,(H,28,29). The lowest BCUT2D eigenvalue weighted by atomic mass is 10.1. The minimum absolute atomic E-state index is 0.0421. The van der Waals surface area contributed by atoms with Crippen LogP contribution in [-0.2, 0) is 9.84 Å². The summed E-state index contributed by atoms with van der Waals surface area (Å²) in [6.45, 7) is 1.72. The van der Waals surface area contributed by atoms with Gasteiger partial charge in [0.05, 0.1) is 43.2 Å². The number of anilines is 3. The van der Waals surface area contributed by atoms with Crippen LogP contribution in [0, 0.1) is 11.3 Å². The van der Waals surface area contributed by atoms with E-state index in [1.165, 1.54) is 27.5 Å². The molecule has 36 heavy (non-hydrogen) atoms. The highest BCUT2D eigenvalue weighted by atomic mass is 32.2. The lowest BCUT2D eigenvalue weighted by Gasteiger charge is -2.17. The fourth-order valence-corrected chi connectivity index (χ4v) is 6.26. The molecule has 0 amide bonds. The summed E-state index contributed by atoms with van der Waals surface area (Å²) in [5.74, 6) is 1.14. The molecule has 186 valence electrons. The molecule has 2 aromatic carbocycles. The van der Waals surface area contributed by atoms with Crippen molar-refractivity contribution in [3.63, 3.8) is 0 Å². The molecule has 9 nitrogen and oxygen atoms in total. The van der Waals surface area contributed by atoms with Crippen molar-refractivity contribution in [2.75, 3.05) is 45.6 Å². The highest BCUT2D eigenvalue weighted by molar-refractivity contribution is 8.01. The Bertz CT molecular complexity index is 1500. The monoisotopic (exact) mass is 506 g/mol. The molecule has 1 N–H and O–H groups in total. The van der Waals surface area contributed by atoms with Crippen molar-refractivity contribution in [3.05, 3.63) is 59.4 Å². The van der Waals surface area contributed by atoms with E-state index in [-0.39, 0.29) is 21.1 Å². The van der Waals surface area contributed by atoms with Gasteiger partial charge in [0.25, 0.3) is 0 Å². The van der Waals surface area contributed by atoms with Gasteiger partial charge in [-0.1, -0.05) is 12.1 Å². The van der Waals surface area contributed by atoms with Crippen LogP contribution in [0.25, 0.3) is 10.5 Å². The summed E-state index contributed by atoms with van der Waals surface area (Å²) < 4.78 is 44.0. The molecule has 0 saturated heterocycles. The summed E-state index contributed by atoms with van der Waals surface area (Å²) in [7, 11) is 4.28. The second-order valence-corrected chi connectivity index (χ2v) is 10.1. The van der Waals surface area contributed by atoms with Gasteiger partial charge in [-0.3, -0.25) is 4.98 Å². The van der Waals surface area contributed by atoms with Crippen LogP contribution in [0.3, 0.4) is 0 Å². The molecule has 0 bridgehead atoms. The van der Waals surface area contributed by atoms with E-state index < -0.39 is 9.84 Å². The quantitative estimate of drug-likeness (QED) is 0.496. The maximum atomic E-state index is 13.9. The maximum absolute atomic E-state index is 13.9. The average Bonchev–Trinajstić information content (AvgIpc) is 3.08. The number of nitriles is 1. The molecule has 2 heterocycles. The molecule has 0 radical (unpaired) electrons. The number of hydrogen-bond donors (Lipinski definition) is 1. The van der Waals surface area contributed by atoms with Crippen molar-refractivity contribution in [2.24, 2.45) is 0 Å². The first kappa shape index (κ1) is 24.9. The number of fused-ring (bicyclic) bond motifs is 1. The molecule has 4 rings (SSSR count). The molecule has 0 spiro atoms. The second-order valence-electron chi connectivity index (χ2n) is 8.27. The Balaban J connectivity index is 1.87. The Kier molecular flexibility index (Phi) is 6.52. The number of methoxy groups -OCH3 is 3. The van der Waals surface area contributed by atoms with Crippen molar-refractivity contribution < 1.29 is 22.6 Å². The van der Waals surface area contributed by atoms with E-state index in [4.69, 9.17) is 14.2 Å². The van der Waals surface area contributed by atoms with Crippen molar-refractivity contribution in [2.45, 2.75) is 11.8 Å². The number of benzene rings is 2. The summed E-state index contributed by atoms with van der Waals surface area (Å²) in [5.41, 5.74) is 2.98. The van der Waals surface area contributed by atoms with Gasteiger partial charge in [0.15, 0.2) is 11.5 Å². The molecule has 1 aromatic heterocycles. The van der Waals surface area contributed by atoms with E-state index in [1.807, 2.05) is 31.1 Å². The third-order valence-corrected chi connectivity index (χ3v) is 7.98. The zero-order chi connectivity index (χ0) is 26.2. The summed E-state index contributed by atoms with van der Waals surface area (Å²) in [5, 5.41) is 12.9. The third kappa shape index (κ3) is 3.97. The highest BCUT2D eigenvalue weighted by Crippen LogP contribution is 2.48. The van der Waals surface area contributed by atoms with Gasteiger partial charge in [0.1, 0.15) is 11.0 Å². The van der Waals surface area contributed by atoms with Gasteiger partial charge in [-0.15, -0.1) is 0 Å².